The smallest absolute Gasteiger partial charge is 0.256 e. The molecule has 0 saturated heterocycles. The summed E-state index contributed by atoms with van der Waals surface area (Å²) in [6, 6.07) is 6.20. The maximum absolute atomic E-state index is 13.9. The molecule has 120 valence electrons. The Morgan fingerprint density at radius 2 is 2.09 bits per heavy atom. The van der Waals surface area contributed by atoms with Crippen molar-refractivity contribution in [3.05, 3.63) is 51.7 Å². The van der Waals surface area contributed by atoms with Gasteiger partial charge in [0.25, 0.3) is 5.56 Å². The maximum atomic E-state index is 13.9. The van der Waals surface area contributed by atoms with Gasteiger partial charge in [-0.25, -0.2) is 9.37 Å². The molecule has 1 amide bonds. The van der Waals surface area contributed by atoms with Crippen LogP contribution in [-0.4, -0.2) is 27.3 Å². The van der Waals surface area contributed by atoms with Crippen molar-refractivity contribution in [1.82, 2.24) is 14.9 Å². The molecule has 1 aliphatic rings. The van der Waals surface area contributed by atoms with Crippen LogP contribution in [0, 0.1) is 11.7 Å². The number of fused-ring (bicyclic) bond motifs is 1. The van der Waals surface area contributed by atoms with Gasteiger partial charge >= 0.3 is 0 Å². The predicted octanol–water partition coefficient (Wildman–Crippen LogP) is 2.12. The number of benzene rings is 1. The van der Waals surface area contributed by atoms with E-state index in [0.717, 1.165) is 0 Å². The minimum absolute atomic E-state index is 0.0215. The van der Waals surface area contributed by atoms with Crippen LogP contribution < -0.4 is 5.56 Å². The molecule has 2 heterocycles. The Balaban J connectivity index is 1.98. The summed E-state index contributed by atoms with van der Waals surface area (Å²) in [4.78, 5) is 33.2. The molecule has 3 rings (SSSR count). The first-order valence-corrected chi connectivity index (χ1v) is 7.63. The molecule has 2 aromatic rings. The Kier molecular flexibility index (Phi) is 3.98. The summed E-state index contributed by atoms with van der Waals surface area (Å²) < 4.78 is 13.9. The van der Waals surface area contributed by atoms with Gasteiger partial charge in [0.05, 0.1) is 23.4 Å². The first-order chi connectivity index (χ1) is 11.0. The molecule has 0 bridgehead atoms. The van der Waals surface area contributed by atoms with Gasteiger partial charge in [0.15, 0.2) is 0 Å². The fraction of sp³-hybridized carbons (Fsp3) is 0.353. The van der Waals surface area contributed by atoms with Crippen molar-refractivity contribution in [1.29, 1.82) is 0 Å². The van der Waals surface area contributed by atoms with E-state index in [1.165, 1.54) is 6.07 Å². The summed E-state index contributed by atoms with van der Waals surface area (Å²) in [5.41, 5.74) is 1.09. The van der Waals surface area contributed by atoms with E-state index in [9.17, 15) is 14.0 Å². The molecule has 0 spiro atoms. The summed E-state index contributed by atoms with van der Waals surface area (Å²) in [6.07, 6.45) is 0.499. The van der Waals surface area contributed by atoms with Crippen molar-refractivity contribution < 1.29 is 9.18 Å². The monoisotopic (exact) mass is 315 g/mol. The summed E-state index contributed by atoms with van der Waals surface area (Å²) in [7, 11) is 0. The lowest BCUT2D eigenvalue weighted by atomic mass is 10.0. The molecule has 1 aromatic heterocycles. The summed E-state index contributed by atoms with van der Waals surface area (Å²) >= 11 is 0. The molecule has 0 unspecified atom stereocenters. The van der Waals surface area contributed by atoms with Gasteiger partial charge < -0.3 is 9.88 Å². The van der Waals surface area contributed by atoms with E-state index >= 15 is 0 Å². The summed E-state index contributed by atoms with van der Waals surface area (Å²) in [5, 5.41) is 0. The van der Waals surface area contributed by atoms with Crippen LogP contribution >= 0.6 is 0 Å². The lowest BCUT2D eigenvalue weighted by Gasteiger charge is -2.29. The van der Waals surface area contributed by atoms with Crippen LogP contribution in [0.5, 0.6) is 0 Å². The van der Waals surface area contributed by atoms with Gasteiger partial charge in [-0.3, -0.25) is 9.59 Å². The molecule has 1 aliphatic heterocycles. The number of rotatable bonds is 2. The molecule has 1 N–H and O–H groups in total. The highest BCUT2D eigenvalue weighted by atomic mass is 19.1. The molecule has 5 nitrogen and oxygen atoms in total. The van der Waals surface area contributed by atoms with E-state index in [0.29, 0.717) is 24.2 Å². The average molecular weight is 315 g/mol. The second kappa shape index (κ2) is 5.95. The van der Waals surface area contributed by atoms with Gasteiger partial charge in [-0.2, -0.15) is 0 Å². The third kappa shape index (κ3) is 2.88. The van der Waals surface area contributed by atoms with Crippen LogP contribution in [-0.2, 0) is 17.8 Å². The Labute approximate surface area is 133 Å². The number of hydrogen-bond acceptors (Lipinski definition) is 3. The summed E-state index contributed by atoms with van der Waals surface area (Å²) in [6.45, 7) is 4.45. The molecule has 6 heteroatoms. The highest BCUT2D eigenvalue weighted by Crippen LogP contribution is 2.21. The van der Waals surface area contributed by atoms with Gasteiger partial charge in [-0.1, -0.05) is 26.0 Å². The van der Waals surface area contributed by atoms with Gasteiger partial charge in [0.2, 0.25) is 5.91 Å². The zero-order chi connectivity index (χ0) is 16.6. The zero-order valence-corrected chi connectivity index (χ0v) is 13.1. The first kappa shape index (κ1) is 15.4. The molecular weight excluding hydrogens is 297 g/mol. The number of aromatic nitrogens is 2. The molecular formula is C17H18FN3O2. The van der Waals surface area contributed by atoms with Gasteiger partial charge in [-0.15, -0.1) is 0 Å². The lowest BCUT2D eigenvalue weighted by molar-refractivity contribution is -0.135. The van der Waals surface area contributed by atoms with Crippen LogP contribution in [0.3, 0.4) is 0 Å². The molecule has 0 atom stereocenters. The van der Waals surface area contributed by atoms with Crippen molar-refractivity contribution in [2.45, 2.75) is 26.8 Å². The van der Waals surface area contributed by atoms with Gasteiger partial charge in [0.1, 0.15) is 11.6 Å². The first-order valence-electron chi connectivity index (χ1n) is 7.63. The number of H-pyrrole nitrogens is 1. The van der Waals surface area contributed by atoms with Crippen molar-refractivity contribution in [2.75, 3.05) is 6.54 Å². The number of nitrogens with zero attached hydrogens (tertiary/aromatic N) is 2. The minimum Gasteiger partial charge on any atom is -0.337 e. The van der Waals surface area contributed by atoms with E-state index in [4.69, 9.17) is 0 Å². The van der Waals surface area contributed by atoms with Crippen molar-refractivity contribution >= 4 is 5.91 Å². The number of halogens is 1. The molecule has 0 fully saturated rings. The highest BCUT2D eigenvalue weighted by Gasteiger charge is 2.26. The minimum atomic E-state index is -0.428. The van der Waals surface area contributed by atoms with Crippen LogP contribution in [0.25, 0.3) is 11.4 Å². The van der Waals surface area contributed by atoms with E-state index in [-0.39, 0.29) is 35.3 Å². The molecule has 0 radical (unpaired) electrons. The number of aromatic amines is 1. The number of nitrogens with one attached hydrogen (secondary N) is 1. The third-order valence-corrected chi connectivity index (χ3v) is 4.00. The number of amides is 1. The third-order valence-electron chi connectivity index (χ3n) is 4.00. The second-order valence-electron chi connectivity index (χ2n) is 5.98. The number of carbonyl (C=O) groups excluding carboxylic acids is 1. The van der Waals surface area contributed by atoms with Crippen LogP contribution in [0.2, 0.25) is 0 Å². The van der Waals surface area contributed by atoms with Gasteiger partial charge in [-0.05, 0) is 12.1 Å². The van der Waals surface area contributed by atoms with Crippen LogP contribution in [0.1, 0.15) is 25.1 Å². The quantitative estimate of drug-likeness (QED) is 0.923. The van der Waals surface area contributed by atoms with Crippen LogP contribution in [0.4, 0.5) is 4.39 Å². The largest absolute Gasteiger partial charge is 0.337 e. The molecule has 23 heavy (non-hydrogen) atoms. The Bertz CT molecular complexity index is 814. The Morgan fingerprint density at radius 3 is 2.78 bits per heavy atom. The topological polar surface area (TPSA) is 66.1 Å². The maximum Gasteiger partial charge on any atom is 0.256 e. The van der Waals surface area contributed by atoms with Crippen LogP contribution in [0.15, 0.2) is 29.1 Å². The molecule has 0 aliphatic carbocycles. The fourth-order valence-corrected chi connectivity index (χ4v) is 2.76. The fourth-order valence-electron chi connectivity index (χ4n) is 2.76. The van der Waals surface area contributed by atoms with E-state index in [1.54, 1.807) is 23.1 Å². The molecule has 0 saturated carbocycles. The number of hydrogen-bond donors (Lipinski definition) is 1. The average Bonchev–Trinajstić information content (AvgIpc) is 2.54. The Morgan fingerprint density at radius 1 is 1.35 bits per heavy atom. The van der Waals surface area contributed by atoms with Gasteiger partial charge in [0, 0.05) is 18.9 Å². The number of carbonyl (C=O) groups is 1. The standard InChI is InChI=1S/C17H18FN3O2/c1-10(2)17(23)21-8-7-14-12(9-21)16(22)20-15(19-14)11-5-3-4-6-13(11)18/h3-6,10H,7-9H2,1-2H3,(H,19,20,22). The van der Waals surface area contributed by atoms with E-state index in [2.05, 4.69) is 9.97 Å². The SMILES string of the molecule is CC(C)C(=O)N1CCc2nc(-c3ccccc3F)[nH]c(=O)c2C1. The summed E-state index contributed by atoms with van der Waals surface area (Å²) in [5.74, 6) is -0.284. The van der Waals surface area contributed by atoms with Crippen molar-refractivity contribution in [3.63, 3.8) is 0 Å². The lowest BCUT2D eigenvalue weighted by Crippen LogP contribution is -2.41. The van der Waals surface area contributed by atoms with Crippen molar-refractivity contribution in [3.8, 4) is 11.4 Å². The predicted molar refractivity (Wildman–Crippen MR) is 84.2 cm³/mol. The van der Waals surface area contributed by atoms with E-state index < -0.39 is 5.82 Å². The highest BCUT2D eigenvalue weighted by molar-refractivity contribution is 5.78. The van der Waals surface area contributed by atoms with Crippen molar-refractivity contribution in [2.24, 2.45) is 5.92 Å². The molecule has 1 aromatic carbocycles. The Hall–Kier alpha value is -2.50. The van der Waals surface area contributed by atoms with E-state index in [1.807, 2.05) is 13.8 Å². The second-order valence-corrected chi connectivity index (χ2v) is 5.98. The normalized spacial score (nSPS) is 14.0. The zero-order valence-electron chi connectivity index (χ0n) is 13.1.